The first kappa shape index (κ1) is 28.1. The highest BCUT2D eigenvalue weighted by molar-refractivity contribution is 5.85. The van der Waals surface area contributed by atoms with Gasteiger partial charge in [-0.05, 0) is 73.3 Å². The maximum atomic E-state index is 14.1. The van der Waals surface area contributed by atoms with Gasteiger partial charge in [0.1, 0.15) is 12.7 Å². The first-order chi connectivity index (χ1) is 15.8. The summed E-state index contributed by atoms with van der Waals surface area (Å²) in [4.78, 5) is 10.8. The van der Waals surface area contributed by atoms with Crippen LogP contribution < -0.4 is 10.1 Å². The number of carbonyl (C=O) groups is 1. The van der Waals surface area contributed by atoms with E-state index in [4.69, 9.17) is 9.84 Å². The third-order valence-corrected chi connectivity index (χ3v) is 6.94. The van der Waals surface area contributed by atoms with E-state index in [2.05, 4.69) is 43.4 Å². The number of benzene rings is 2. The molecule has 34 heavy (non-hydrogen) atoms. The highest BCUT2D eigenvalue weighted by atomic mass is 35.5. The molecule has 3 N–H and O–H groups in total. The van der Waals surface area contributed by atoms with Crippen LogP contribution in [0.2, 0.25) is 0 Å². The van der Waals surface area contributed by atoms with Crippen molar-refractivity contribution in [2.24, 2.45) is 5.92 Å². The Hall–Kier alpha value is -2.15. The summed E-state index contributed by atoms with van der Waals surface area (Å²) in [5.74, 6) is -0.796. The second kappa shape index (κ2) is 13.1. The molecule has 0 bridgehead atoms. The topological polar surface area (TPSA) is 78.8 Å². The molecule has 0 fully saturated rings. The van der Waals surface area contributed by atoms with Gasteiger partial charge in [0.2, 0.25) is 0 Å². The number of nitrogens with one attached hydrogen (secondary N) is 1. The molecule has 0 radical (unpaired) electrons. The van der Waals surface area contributed by atoms with Crippen LogP contribution in [0.3, 0.4) is 0 Å². The molecule has 0 aromatic heterocycles. The van der Waals surface area contributed by atoms with Crippen molar-refractivity contribution < 1.29 is 24.1 Å². The van der Waals surface area contributed by atoms with E-state index in [9.17, 15) is 14.3 Å². The Morgan fingerprint density at radius 1 is 1.18 bits per heavy atom. The molecule has 7 heteroatoms. The minimum absolute atomic E-state index is 0. The first-order valence-electron chi connectivity index (χ1n) is 12.0. The molecule has 3 rings (SSSR count). The molecule has 2 aromatic rings. The van der Waals surface area contributed by atoms with Gasteiger partial charge < -0.3 is 20.3 Å². The van der Waals surface area contributed by atoms with E-state index in [0.717, 1.165) is 32.1 Å². The van der Waals surface area contributed by atoms with E-state index in [0.29, 0.717) is 24.4 Å². The molecule has 5 nitrogen and oxygen atoms in total. The van der Waals surface area contributed by atoms with Crippen LogP contribution in [0.5, 0.6) is 5.75 Å². The second-order valence-electron chi connectivity index (χ2n) is 9.24. The van der Waals surface area contributed by atoms with Crippen LogP contribution >= 0.6 is 12.4 Å². The van der Waals surface area contributed by atoms with E-state index >= 15 is 0 Å². The Kier molecular flexibility index (Phi) is 10.8. The SMILES string of the molecule is CCC(CC)(CC1Cc2ccccc2C1)NC[C@@H](O)COc1cc(CCC(=O)O)ccc1F.Cl. The number of aliphatic hydroxyl groups is 1. The molecule has 0 saturated heterocycles. The van der Waals surface area contributed by atoms with E-state index in [1.807, 2.05) is 0 Å². The van der Waals surface area contributed by atoms with Crippen molar-refractivity contribution in [2.45, 2.75) is 70.4 Å². The van der Waals surface area contributed by atoms with Crippen LogP contribution in [0.15, 0.2) is 42.5 Å². The standard InChI is InChI=1S/C27H36FNO4.ClH/c1-3-27(4-2,16-20-13-21-7-5-6-8-22(21)14-20)29-17-23(30)18-33-25-15-19(9-11-24(25)28)10-12-26(31)32;/h5-9,11,15,20,23,29-30H,3-4,10,12-14,16-18H2,1-2H3,(H,31,32);1H/t23-;/m1./s1. The highest BCUT2D eigenvalue weighted by Gasteiger charge is 2.32. The molecule has 188 valence electrons. The van der Waals surface area contributed by atoms with Crippen molar-refractivity contribution in [2.75, 3.05) is 13.2 Å². The Bertz CT molecular complexity index is 910. The first-order valence-corrected chi connectivity index (χ1v) is 12.0. The molecule has 0 aliphatic heterocycles. The number of carboxylic acids is 1. The number of halogens is 2. The maximum Gasteiger partial charge on any atom is 0.303 e. The molecule has 0 amide bonds. The lowest BCUT2D eigenvalue weighted by atomic mass is 9.81. The minimum atomic E-state index is -0.903. The van der Waals surface area contributed by atoms with Gasteiger partial charge in [0.15, 0.2) is 11.6 Å². The molecule has 0 unspecified atom stereocenters. The molecule has 1 atom stereocenters. The van der Waals surface area contributed by atoms with Gasteiger partial charge in [-0.25, -0.2) is 4.39 Å². The van der Waals surface area contributed by atoms with E-state index < -0.39 is 17.9 Å². The van der Waals surface area contributed by atoms with Crippen LogP contribution in [0, 0.1) is 11.7 Å². The summed E-state index contributed by atoms with van der Waals surface area (Å²) < 4.78 is 19.6. The van der Waals surface area contributed by atoms with Gasteiger partial charge in [-0.2, -0.15) is 0 Å². The molecule has 0 spiro atoms. The number of hydrogen-bond acceptors (Lipinski definition) is 4. The maximum absolute atomic E-state index is 14.1. The number of aryl methyl sites for hydroxylation is 1. The van der Waals surface area contributed by atoms with Crippen molar-refractivity contribution in [3.63, 3.8) is 0 Å². The number of β-amino-alcohol motifs (C(OH)–C–C–N with tert-alkyl or cyclic N) is 1. The van der Waals surface area contributed by atoms with Gasteiger partial charge in [-0.3, -0.25) is 4.79 Å². The number of carboxylic acid groups (broad SMARTS) is 1. The lowest BCUT2D eigenvalue weighted by Crippen LogP contribution is -2.49. The number of ether oxygens (including phenoxy) is 1. The number of aliphatic hydroxyl groups excluding tert-OH is 1. The fraction of sp³-hybridized carbons (Fsp3) is 0.519. The van der Waals surface area contributed by atoms with Crippen LogP contribution in [0.1, 0.15) is 56.2 Å². The summed E-state index contributed by atoms with van der Waals surface area (Å²) in [6.07, 6.45) is 4.66. The normalized spacial score (nSPS) is 14.4. The molecule has 2 aromatic carbocycles. The van der Waals surface area contributed by atoms with Crippen molar-refractivity contribution in [3.8, 4) is 5.75 Å². The lowest BCUT2D eigenvalue weighted by molar-refractivity contribution is -0.136. The Morgan fingerprint density at radius 2 is 1.82 bits per heavy atom. The van der Waals surface area contributed by atoms with Crippen molar-refractivity contribution in [3.05, 3.63) is 65.0 Å². The number of aliphatic carboxylic acids is 1. The minimum Gasteiger partial charge on any atom is -0.488 e. The van der Waals surface area contributed by atoms with Crippen molar-refractivity contribution >= 4 is 18.4 Å². The third kappa shape index (κ3) is 7.69. The molecular weight excluding hydrogens is 457 g/mol. The zero-order chi connectivity index (χ0) is 23.8. The summed E-state index contributed by atoms with van der Waals surface area (Å²) in [5.41, 5.74) is 3.53. The number of hydrogen-bond donors (Lipinski definition) is 3. The van der Waals surface area contributed by atoms with Crippen molar-refractivity contribution in [1.82, 2.24) is 5.32 Å². The summed E-state index contributed by atoms with van der Waals surface area (Å²) in [7, 11) is 0. The monoisotopic (exact) mass is 493 g/mol. The van der Waals surface area contributed by atoms with Gasteiger partial charge in [0.25, 0.3) is 0 Å². The smallest absolute Gasteiger partial charge is 0.303 e. The quantitative estimate of drug-likeness (QED) is 0.367. The van der Waals surface area contributed by atoms with Crippen LogP contribution in [-0.4, -0.2) is 41.0 Å². The number of rotatable bonds is 13. The molecule has 1 aliphatic rings. The van der Waals surface area contributed by atoms with E-state index in [1.165, 1.54) is 23.3 Å². The molecule has 1 aliphatic carbocycles. The van der Waals surface area contributed by atoms with Gasteiger partial charge in [0.05, 0.1) is 0 Å². The van der Waals surface area contributed by atoms with Gasteiger partial charge in [0, 0.05) is 18.5 Å². The zero-order valence-corrected chi connectivity index (χ0v) is 20.9. The predicted molar refractivity (Wildman–Crippen MR) is 134 cm³/mol. The van der Waals surface area contributed by atoms with Crippen molar-refractivity contribution in [1.29, 1.82) is 0 Å². The number of fused-ring (bicyclic) bond motifs is 1. The van der Waals surface area contributed by atoms with Crippen LogP contribution in [-0.2, 0) is 24.1 Å². The average molecular weight is 494 g/mol. The Balaban J connectivity index is 0.00000408. The summed E-state index contributed by atoms with van der Waals surface area (Å²) >= 11 is 0. The summed E-state index contributed by atoms with van der Waals surface area (Å²) in [5, 5.41) is 22.9. The van der Waals surface area contributed by atoms with Gasteiger partial charge >= 0.3 is 5.97 Å². The zero-order valence-electron chi connectivity index (χ0n) is 20.1. The molecular formula is C27H37ClFNO4. The largest absolute Gasteiger partial charge is 0.488 e. The predicted octanol–water partition coefficient (Wildman–Crippen LogP) is 4.96. The highest BCUT2D eigenvalue weighted by Crippen LogP contribution is 2.34. The fourth-order valence-corrected chi connectivity index (χ4v) is 4.85. The van der Waals surface area contributed by atoms with E-state index in [1.54, 1.807) is 6.07 Å². The third-order valence-electron chi connectivity index (χ3n) is 6.94. The van der Waals surface area contributed by atoms with Crippen LogP contribution in [0.4, 0.5) is 4.39 Å². The van der Waals surface area contributed by atoms with Gasteiger partial charge in [-0.1, -0.05) is 44.2 Å². The van der Waals surface area contributed by atoms with E-state index in [-0.39, 0.29) is 36.7 Å². The fourth-order valence-electron chi connectivity index (χ4n) is 4.85. The summed E-state index contributed by atoms with van der Waals surface area (Å²) in [6, 6.07) is 13.0. The van der Waals surface area contributed by atoms with Gasteiger partial charge in [-0.15, -0.1) is 12.4 Å². The summed E-state index contributed by atoms with van der Waals surface area (Å²) in [6.45, 7) is 4.69. The van der Waals surface area contributed by atoms with Crippen LogP contribution in [0.25, 0.3) is 0 Å². The molecule has 0 heterocycles. The lowest BCUT2D eigenvalue weighted by Gasteiger charge is -2.36. The average Bonchev–Trinajstić information content (AvgIpc) is 3.22. The Labute approximate surface area is 208 Å². The second-order valence-corrected chi connectivity index (χ2v) is 9.24. The molecule has 0 saturated carbocycles. The Morgan fingerprint density at radius 3 is 2.41 bits per heavy atom.